The molecule has 0 bridgehead atoms. The molecule has 0 aromatic rings. The van der Waals surface area contributed by atoms with E-state index in [0.29, 0.717) is 18.9 Å². The first-order valence-electron chi connectivity index (χ1n) is 4.95. The Bertz CT molecular complexity index is 268. The standard InChI is InChI=1S/C10H21NO2S/c1-9(2)5-7-11-14(12,13)8-6-10(3)4/h9,11H,3,5-8H2,1-2,4H3. The summed E-state index contributed by atoms with van der Waals surface area (Å²) in [6, 6.07) is 0. The van der Waals surface area contributed by atoms with Crippen molar-refractivity contribution in [2.45, 2.75) is 33.6 Å². The molecule has 0 aliphatic carbocycles. The van der Waals surface area contributed by atoms with Crippen LogP contribution in [-0.2, 0) is 10.0 Å². The summed E-state index contributed by atoms with van der Waals surface area (Å²) in [5, 5.41) is 0. The van der Waals surface area contributed by atoms with Crippen LogP contribution in [0.1, 0.15) is 33.6 Å². The van der Waals surface area contributed by atoms with Gasteiger partial charge in [0, 0.05) is 6.54 Å². The fourth-order valence-corrected chi connectivity index (χ4v) is 2.07. The Hall–Kier alpha value is -0.350. The quantitative estimate of drug-likeness (QED) is 0.665. The Morgan fingerprint density at radius 3 is 2.43 bits per heavy atom. The zero-order chi connectivity index (χ0) is 11.2. The predicted octanol–water partition coefficient (Wildman–Crippen LogP) is 1.92. The van der Waals surface area contributed by atoms with Crippen LogP contribution in [0.2, 0.25) is 0 Å². The number of allylic oxidation sites excluding steroid dienone is 1. The van der Waals surface area contributed by atoms with Crippen molar-refractivity contribution in [1.82, 2.24) is 4.72 Å². The van der Waals surface area contributed by atoms with E-state index >= 15 is 0 Å². The van der Waals surface area contributed by atoms with Crippen LogP contribution in [0, 0.1) is 5.92 Å². The number of hydrogen-bond acceptors (Lipinski definition) is 2. The van der Waals surface area contributed by atoms with Crippen LogP contribution in [0.15, 0.2) is 12.2 Å². The molecule has 0 radical (unpaired) electrons. The Kier molecular flexibility index (Phi) is 6.04. The normalized spacial score (nSPS) is 12.0. The van der Waals surface area contributed by atoms with Crippen LogP contribution in [0.5, 0.6) is 0 Å². The van der Waals surface area contributed by atoms with Gasteiger partial charge in [0.2, 0.25) is 10.0 Å². The highest BCUT2D eigenvalue weighted by Gasteiger charge is 2.09. The van der Waals surface area contributed by atoms with E-state index in [9.17, 15) is 8.42 Å². The lowest BCUT2D eigenvalue weighted by Gasteiger charge is -2.07. The first kappa shape index (κ1) is 13.7. The van der Waals surface area contributed by atoms with E-state index in [1.54, 1.807) is 0 Å². The molecule has 84 valence electrons. The van der Waals surface area contributed by atoms with Crippen molar-refractivity contribution in [3.63, 3.8) is 0 Å². The van der Waals surface area contributed by atoms with E-state index in [0.717, 1.165) is 12.0 Å². The van der Waals surface area contributed by atoms with Crippen LogP contribution in [-0.4, -0.2) is 20.7 Å². The molecule has 1 N–H and O–H groups in total. The second-order valence-electron chi connectivity index (χ2n) is 4.10. The van der Waals surface area contributed by atoms with E-state index in [2.05, 4.69) is 25.1 Å². The summed E-state index contributed by atoms with van der Waals surface area (Å²) < 4.78 is 25.3. The molecule has 0 aromatic heterocycles. The SMILES string of the molecule is C=C(C)CCS(=O)(=O)NCCC(C)C. The highest BCUT2D eigenvalue weighted by atomic mass is 32.2. The van der Waals surface area contributed by atoms with Gasteiger partial charge in [-0.2, -0.15) is 0 Å². The second-order valence-corrected chi connectivity index (χ2v) is 6.03. The molecule has 0 amide bonds. The summed E-state index contributed by atoms with van der Waals surface area (Å²) >= 11 is 0. The molecule has 3 nitrogen and oxygen atoms in total. The molecule has 0 atom stereocenters. The van der Waals surface area contributed by atoms with Crippen molar-refractivity contribution in [2.75, 3.05) is 12.3 Å². The minimum Gasteiger partial charge on any atom is -0.215 e. The van der Waals surface area contributed by atoms with Crippen LogP contribution in [0.4, 0.5) is 0 Å². The van der Waals surface area contributed by atoms with Gasteiger partial charge in [0.05, 0.1) is 5.75 Å². The molecule has 0 rings (SSSR count). The summed E-state index contributed by atoms with van der Waals surface area (Å²) in [5.41, 5.74) is 0.902. The van der Waals surface area contributed by atoms with Gasteiger partial charge in [-0.05, 0) is 25.7 Å². The topological polar surface area (TPSA) is 46.2 Å². The first-order chi connectivity index (χ1) is 6.33. The van der Waals surface area contributed by atoms with Crippen molar-refractivity contribution in [3.05, 3.63) is 12.2 Å². The summed E-state index contributed by atoms with van der Waals surface area (Å²) in [7, 11) is -3.08. The summed E-state index contributed by atoms with van der Waals surface area (Å²) in [4.78, 5) is 0. The van der Waals surface area contributed by atoms with Crippen molar-refractivity contribution in [3.8, 4) is 0 Å². The Balaban J connectivity index is 3.79. The van der Waals surface area contributed by atoms with Crippen LogP contribution < -0.4 is 4.72 Å². The fraction of sp³-hybridized carbons (Fsp3) is 0.800. The molecule has 0 aromatic carbocycles. The molecular weight excluding hydrogens is 198 g/mol. The number of hydrogen-bond donors (Lipinski definition) is 1. The fourth-order valence-electron chi connectivity index (χ4n) is 0.884. The number of nitrogens with one attached hydrogen (secondary N) is 1. The molecule has 0 fully saturated rings. The van der Waals surface area contributed by atoms with Crippen molar-refractivity contribution < 1.29 is 8.42 Å². The average Bonchev–Trinajstić information content (AvgIpc) is 2.00. The lowest BCUT2D eigenvalue weighted by Crippen LogP contribution is -2.28. The summed E-state index contributed by atoms with van der Waals surface area (Å²) in [5.74, 6) is 0.680. The molecular formula is C10H21NO2S. The lowest BCUT2D eigenvalue weighted by molar-refractivity contribution is 0.551. The van der Waals surface area contributed by atoms with Crippen molar-refractivity contribution in [2.24, 2.45) is 5.92 Å². The van der Waals surface area contributed by atoms with Gasteiger partial charge in [0.1, 0.15) is 0 Å². The number of sulfonamides is 1. The maximum atomic E-state index is 11.4. The number of rotatable bonds is 7. The Labute approximate surface area is 87.6 Å². The highest BCUT2D eigenvalue weighted by Crippen LogP contribution is 2.01. The molecule has 14 heavy (non-hydrogen) atoms. The third-order valence-corrected chi connectivity index (χ3v) is 3.23. The molecule has 0 aliphatic heterocycles. The first-order valence-corrected chi connectivity index (χ1v) is 6.60. The average molecular weight is 219 g/mol. The molecule has 0 spiro atoms. The summed E-state index contributed by atoms with van der Waals surface area (Å²) in [6.45, 7) is 10.2. The van der Waals surface area contributed by atoms with E-state index in [1.807, 2.05) is 6.92 Å². The molecule has 0 saturated heterocycles. The van der Waals surface area contributed by atoms with Gasteiger partial charge < -0.3 is 0 Å². The lowest BCUT2D eigenvalue weighted by atomic mass is 10.1. The van der Waals surface area contributed by atoms with Gasteiger partial charge in [-0.1, -0.05) is 19.4 Å². The molecule has 4 heteroatoms. The zero-order valence-corrected chi connectivity index (χ0v) is 10.2. The minimum absolute atomic E-state index is 0.153. The molecule has 0 saturated carbocycles. The molecule has 0 unspecified atom stereocenters. The van der Waals surface area contributed by atoms with Crippen molar-refractivity contribution >= 4 is 10.0 Å². The zero-order valence-electron chi connectivity index (χ0n) is 9.34. The third kappa shape index (κ3) is 8.26. The van der Waals surface area contributed by atoms with E-state index in [-0.39, 0.29) is 5.75 Å². The minimum atomic E-state index is -3.08. The van der Waals surface area contributed by atoms with Crippen LogP contribution in [0.3, 0.4) is 0 Å². The van der Waals surface area contributed by atoms with Gasteiger partial charge in [0.15, 0.2) is 0 Å². The van der Waals surface area contributed by atoms with Gasteiger partial charge in [-0.15, -0.1) is 6.58 Å². The Morgan fingerprint density at radius 2 is 2.00 bits per heavy atom. The monoisotopic (exact) mass is 219 g/mol. The molecule has 0 aliphatic rings. The van der Waals surface area contributed by atoms with Gasteiger partial charge in [0.25, 0.3) is 0 Å². The van der Waals surface area contributed by atoms with Gasteiger partial charge in [-0.3, -0.25) is 0 Å². The largest absolute Gasteiger partial charge is 0.215 e. The Morgan fingerprint density at radius 1 is 1.43 bits per heavy atom. The predicted molar refractivity (Wildman–Crippen MR) is 60.7 cm³/mol. The smallest absolute Gasteiger partial charge is 0.211 e. The van der Waals surface area contributed by atoms with E-state index in [4.69, 9.17) is 0 Å². The summed E-state index contributed by atoms with van der Waals surface area (Å²) in [6.07, 6.45) is 1.42. The van der Waals surface area contributed by atoms with Crippen molar-refractivity contribution in [1.29, 1.82) is 0 Å². The highest BCUT2D eigenvalue weighted by molar-refractivity contribution is 7.89. The maximum Gasteiger partial charge on any atom is 0.211 e. The van der Waals surface area contributed by atoms with Gasteiger partial charge >= 0.3 is 0 Å². The second kappa shape index (κ2) is 6.19. The molecule has 0 heterocycles. The van der Waals surface area contributed by atoms with Crippen LogP contribution >= 0.6 is 0 Å². The van der Waals surface area contributed by atoms with E-state index < -0.39 is 10.0 Å². The maximum absolute atomic E-state index is 11.4. The third-order valence-electron chi connectivity index (χ3n) is 1.84. The van der Waals surface area contributed by atoms with Gasteiger partial charge in [-0.25, -0.2) is 13.1 Å². The van der Waals surface area contributed by atoms with Crippen LogP contribution in [0.25, 0.3) is 0 Å². The van der Waals surface area contributed by atoms with E-state index in [1.165, 1.54) is 0 Å².